The van der Waals surface area contributed by atoms with Crippen LogP contribution in [0.15, 0.2) is 82.0 Å². The minimum absolute atomic E-state index is 0.228. The summed E-state index contributed by atoms with van der Waals surface area (Å²) >= 11 is 6.45. The van der Waals surface area contributed by atoms with Crippen LogP contribution in [-0.4, -0.2) is 33.4 Å². The zero-order valence-corrected chi connectivity index (χ0v) is 18.7. The minimum atomic E-state index is -0.864. The van der Waals surface area contributed by atoms with Crippen LogP contribution in [0.2, 0.25) is 5.02 Å². The third-order valence-electron chi connectivity index (χ3n) is 6.37. The van der Waals surface area contributed by atoms with E-state index in [1.54, 1.807) is 30.3 Å². The summed E-state index contributed by atoms with van der Waals surface area (Å²) in [6, 6.07) is 21.7. The van der Waals surface area contributed by atoms with E-state index in [1.165, 1.54) is 10.6 Å². The second kappa shape index (κ2) is 8.63. The van der Waals surface area contributed by atoms with E-state index in [2.05, 4.69) is 4.90 Å². The Bertz CT molecular complexity index is 1350. The maximum atomic E-state index is 12.9. The summed E-state index contributed by atoms with van der Waals surface area (Å²) in [5.41, 5.74) is 1.72. The Morgan fingerprint density at radius 3 is 2.30 bits per heavy atom. The fourth-order valence-corrected chi connectivity index (χ4v) is 4.68. The number of carbonyl (C=O) groups excluding carboxylic acids is 1. The molecule has 5 rings (SSSR count). The van der Waals surface area contributed by atoms with Crippen LogP contribution in [0.4, 0.5) is 0 Å². The van der Waals surface area contributed by atoms with Gasteiger partial charge in [-0.15, -0.1) is 0 Å². The Kier molecular flexibility index (Phi) is 5.66. The molecule has 0 atom stereocenters. The molecule has 1 N–H and O–H groups in total. The standard InChI is InChI=1S/C26H23ClN2O4/c27-21-16-22-23(15-20(21)24(30)18-7-3-1-4-8-18)33-25(31)29(22)17-28-13-11-26(32,12-14-28)19-9-5-2-6-10-19/h1-10,15-16,32H,11-14,17H2. The third-order valence-corrected chi connectivity index (χ3v) is 6.69. The maximum Gasteiger partial charge on any atom is 0.421 e. The van der Waals surface area contributed by atoms with Crippen molar-refractivity contribution in [2.75, 3.05) is 13.1 Å². The highest BCUT2D eigenvalue weighted by Crippen LogP contribution is 2.33. The van der Waals surface area contributed by atoms with Crippen molar-refractivity contribution in [1.29, 1.82) is 0 Å². The first-order valence-corrected chi connectivity index (χ1v) is 11.3. The molecule has 0 amide bonds. The molecule has 2 heterocycles. The third kappa shape index (κ3) is 4.13. The van der Waals surface area contributed by atoms with E-state index in [4.69, 9.17) is 16.0 Å². The lowest BCUT2D eigenvalue weighted by Crippen LogP contribution is -2.44. The number of aromatic nitrogens is 1. The topological polar surface area (TPSA) is 75.7 Å². The Morgan fingerprint density at radius 1 is 1.00 bits per heavy atom. The summed E-state index contributed by atoms with van der Waals surface area (Å²) in [6.07, 6.45) is 1.13. The normalized spacial score (nSPS) is 16.2. The van der Waals surface area contributed by atoms with Crippen molar-refractivity contribution < 1.29 is 14.3 Å². The smallest absolute Gasteiger partial charge is 0.408 e. The van der Waals surface area contributed by atoms with Gasteiger partial charge in [-0.05, 0) is 30.5 Å². The zero-order valence-electron chi connectivity index (χ0n) is 17.9. The Labute approximate surface area is 195 Å². The van der Waals surface area contributed by atoms with Crippen molar-refractivity contribution in [3.8, 4) is 0 Å². The number of oxazole rings is 1. The predicted octanol–water partition coefficient (Wildman–Crippen LogP) is 4.42. The van der Waals surface area contributed by atoms with Crippen molar-refractivity contribution in [3.05, 3.63) is 105 Å². The molecule has 6 nitrogen and oxygen atoms in total. The number of fused-ring (bicyclic) bond motifs is 1. The zero-order chi connectivity index (χ0) is 23.0. The van der Waals surface area contributed by atoms with Crippen molar-refractivity contribution in [3.63, 3.8) is 0 Å². The van der Waals surface area contributed by atoms with E-state index in [1.807, 2.05) is 36.4 Å². The number of halogens is 1. The quantitative estimate of drug-likeness (QED) is 0.444. The SMILES string of the molecule is O=C(c1ccccc1)c1cc2oc(=O)n(CN3CCC(O)(c4ccccc4)CC3)c2cc1Cl. The van der Waals surface area contributed by atoms with Crippen LogP contribution in [0, 0.1) is 0 Å². The van der Waals surface area contributed by atoms with Gasteiger partial charge >= 0.3 is 5.76 Å². The number of carbonyl (C=O) groups is 1. The van der Waals surface area contributed by atoms with E-state index in [9.17, 15) is 14.7 Å². The summed E-state index contributed by atoms with van der Waals surface area (Å²) in [5, 5.41) is 11.3. The molecule has 0 spiro atoms. The highest BCUT2D eigenvalue weighted by atomic mass is 35.5. The van der Waals surface area contributed by atoms with Crippen LogP contribution < -0.4 is 5.76 Å². The number of hydrogen-bond acceptors (Lipinski definition) is 5. The number of ketones is 1. The summed E-state index contributed by atoms with van der Waals surface area (Å²) in [6.45, 7) is 1.57. The second-order valence-corrected chi connectivity index (χ2v) is 8.86. The van der Waals surface area contributed by atoms with E-state index in [0.29, 0.717) is 54.8 Å². The highest BCUT2D eigenvalue weighted by Gasteiger charge is 2.34. The van der Waals surface area contributed by atoms with E-state index < -0.39 is 11.4 Å². The Balaban J connectivity index is 1.38. The summed E-state index contributed by atoms with van der Waals surface area (Å²) in [4.78, 5) is 27.6. The second-order valence-electron chi connectivity index (χ2n) is 8.45. The van der Waals surface area contributed by atoms with Gasteiger partial charge in [0, 0.05) is 24.2 Å². The maximum absolute atomic E-state index is 12.9. The molecule has 1 aliphatic rings. The number of hydrogen-bond donors (Lipinski definition) is 1. The summed E-state index contributed by atoms with van der Waals surface area (Å²) < 4.78 is 6.97. The monoisotopic (exact) mass is 462 g/mol. The fraction of sp³-hybridized carbons (Fsp3) is 0.231. The highest BCUT2D eigenvalue weighted by molar-refractivity contribution is 6.35. The number of piperidine rings is 1. The van der Waals surface area contributed by atoms with Crippen LogP contribution >= 0.6 is 11.6 Å². The van der Waals surface area contributed by atoms with E-state index >= 15 is 0 Å². The van der Waals surface area contributed by atoms with Crippen LogP contribution in [0.1, 0.15) is 34.3 Å². The van der Waals surface area contributed by atoms with Crippen LogP contribution in [0.3, 0.4) is 0 Å². The van der Waals surface area contributed by atoms with Crippen LogP contribution in [-0.2, 0) is 12.3 Å². The molecule has 33 heavy (non-hydrogen) atoms. The van der Waals surface area contributed by atoms with Crippen LogP contribution in [0.25, 0.3) is 11.1 Å². The number of likely N-dealkylation sites (tertiary alicyclic amines) is 1. The molecule has 1 saturated heterocycles. The average Bonchev–Trinajstić information content (AvgIpc) is 3.14. The first-order valence-electron chi connectivity index (χ1n) is 10.9. The van der Waals surface area contributed by atoms with Gasteiger partial charge in [0.25, 0.3) is 0 Å². The van der Waals surface area contributed by atoms with E-state index in [-0.39, 0.29) is 10.8 Å². The van der Waals surface area contributed by atoms with Crippen molar-refractivity contribution in [2.45, 2.75) is 25.1 Å². The first kappa shape index (κ1) is 21.6. The summed E-state index contributed by atoms with van der Waals surface area (Å²) in [5.74, 6) is -0.733. The fourth-order valence-electron chi connectivity index (χ4n) is 4.44. The minimum Gasteiger partial charge on any atom is -0.408 e. The molecular formula is C26H23ClN2O4. The molecular weight excluding hydrogens is 440 g/mol. The van der Waals surface area contributed by atoms with Gasteiger partial charge in [-0.25, -0.2) is 4.79 Å². The lowest BCUT2D eigenvalue weighted by atomic mass is 9.84. The molecule has 1 aliphatic heterocycles. The van der Waals surface area contributed by atoms with Gasteiger partial charge in [0.05, 0.1) is 22.8 Å². The number of nitrogens with zero attached hydrogens (tertiary/aromatic N) is 2. The molecule has 0 bridgehead atoms. The lowest BCUT2D eigenvalue weighted by Gasteiger charge is -2.38. The molecule has 1 aromatic heterocycles. The van der Waals surface area contributed by atoms with Gasteiger partial charge in [0.15, 0.2) is 11.4 Å². The molecule has 0 saturated carbocycles. The van der Waals surface area contributed by atoms with Gasteiger partial charge in [-0.2, -0.15) is 0 Å². The molecule has 0 aliphatic carbocycles. The van der Waals surface area contributed by atoms with Gasteiger partial charge < -0.3 is 9.52 Å². The van der Waals surface area contributed by atoms with Gasteiger partial charge in [0.2, 0.25) is 0 Å². The van der Waals surface area contributed by atoms with Gasteiger partial charge in [-0.1, -0.05) is 72.3 Å². The predicted molar refractivity (Wildman–Crippen MR) is 127 cm³/mol. The average molecular weight is 463 g/mol. The lowest BCUT2D eigenvalue weighted by molar-refractivity contribution is -0.0327. The van der Waals surface area contributed by atoms with Crippen molar-refractivity contribution in [1.82, 2.24) is 9.47 Å². The molecule has 4 aromatic rings. The van der Waals surface area contributed by atoms with E-state index in [0.717, 1.165) is 5.56 Å². The van der Waals surface area contributed by atoms with Crippen molar-refractivity contribution in [2.24, 2.45) is 0 Å². The molecule has 7 heteroatoms. The first-order chi connectivity index (χ1) is 15.9. The molecule has 0 radical (unpaired) electrons. The number of rotatable bonds is 5. The van der Waals surface area contributed by atoms with Gasteiger partial charge in [-0.3, -0.25) is 14.3 Å². The molecule has 3 aromatic carbocycles. The molecule has 0 unspecified atom stereocenters. The van der Waals surface area contributed by atoms with Crippen LogP contribution in [0.5, 0.6) is 0 Å². The molecule has 168 valence electrons. The molecule has 1 fully saturated rings. The number of benzene rings is 3. The Hall–Kier alpha value is -3.19. The largest absolute Gasteiger partial charge is 0.421 e. The van der Waals surface area contributed by atoms with Gasteiger partial charge in [0.1, 0.15) is 0 Å². The summed E-state index contributed by atoms with van der Waals surface area (Å²) in [7, 11) is 0. The number of aliphatic hydroxyl groups is 1. The Morgan fingerprint density at radius 2 is 1.64 bits per heavy atom. The van der Waals surface area contributed by atoms with Crippen molar-refractivity contribution >= 4 is 28.5 Å².